The maximum atomic E-state index is 5.23. The molecule has 0 fully saturated rings. The molecular formula is C57H35N5S. The molecule has 0 aliphatic rings. The van der Waals surface area contributed by atoms with Crippen LogP contribution in [0.4, 0.5) is 0 Å². The van der Waals surface area contributed by atoms with Crippen LogP contribution in [0.3, 0.4) is 0 Å². The lowest BCUT2D eigenvalue weighted by Crippen LogP contribution is -2.06. The highest BCUT2D eigenvalue weighted by atomic mass is 32.1. The number of hydrogen-bond donors (Lipinski definition) is 0. The molecule has 0 atom stereocenters. The molecule has 0 unspecified atom stereocenters. The summed E-state index contributed by atoms with van der Waals surface area (Å²) in [5.41, 5.74) is 12.1. The van der Waals surface area contributed by atoms with Gasteiger partial charge in [-0.25, -0.2) is 4.98 Å². The van der Waals surface area contributed by atoms with E-state index in [1.54, 1.807) is 0 Å². The Morgan fingerprint density at radius 1 is 0.317 bits per heavy atom. The topological polar surface area (TPSA) is 48.5 Å². The van der Waals surface area contributed by atoms with Gasteiger partial charge < -0.3 is 4.57 Å². The molecule has 63 heavy (non-hydrogen) atoms. The van der Waals surface area contributed by atoms with Crippen molar-refractivity contribution in [1.29, 1.82) is 0 Å². The molecule has 0 aliphatic carbocycles. The maximum absolute atomic E-state index is 5.23. The fourth-order valence-corrected chi connectivity index (χ4v) is 10.7. The van der Waals surface area contributed by atoms with E-state index in [1.807, 2.05) is 47.7 Å². The van der Waals surface area contributed by atoms with Crippen molar-refractivity contribution in [2.24, 2.45) is 0 Å². The molecule has 0 amide bonds. The normalized spacial score (nSPS) is 11.8. The highest BCUT2D eigenvalue weighted by Crippen LogP contribution is 2.43. The minimum atomic E-state index is 0.574. The predicted molar refractivity (Wildman–Crippen MR) is 263 cm³/mol. The van der Waals surface area contributed by atoms with Crippen molar-refractivity contribution < 1.29 is 0 Å². The number of para-hydroxylation sites is 2. The van der Waals surface area contributed by atoms with E-state index >= 15 is 0 Å². The number of aromatic nitrogens is 5. The first-order chi connectivity index (χ1) is 31.2. The lowest BCUT2D eigenvalue weighted by atomic mass is 9.98. The van der Waals surface area contributed by atoms with E-state index in [9.17, 15) is 0 Å². The van der Waals surface area contributed by atoms with Crippen molar-refractivity contribution in [2.75, 3.05) is 0 Å². The van der Waals surface area contributed by atoms with Gasteiger partial charge >= 0.3 is 0 Å². The van der Waals surface area contributed by atoms with Gasteiger partial charge in [-0.2, -0.15) is 9.97 Å². The molecule has 0 saturated carbocycles. The summed E-state index contributed by atoms with van der Waals surface area (Å²) >= 11 is 1.86. The summed E-state index contributed by atoms with van der Waals surface area (Å²) in [6.45, 7) is 0. The fourth-order valence-electron chi connectivity index (χ4n) is 9.47. The first-order valence-corrected chi connectivity index (χ1v) is 22.0. The largest absolute Gasteiger partial charge is 0.309 e. The smallest absolute Gasteiger partial charge is 0.238 e. The van der Waals surface area contributed by atoms with Crippen LogP contribution in [0, 0.1) is 0 Å². The molecule has 0 radical (unpaired) electrons. The van der Waals surface area contributed by atoms with E-state index in [0.29, 0.717) is 17.6 Å². The second kappa shape index (κ2) is 14.2. The van der Waals surface area contributed by atoms with Crippen LogP contribution in [0.25, 0.3) is 120 Å². The van der Waals surface area contributed by atoms with Gasteiger partial charge in [0.2, 0.25) is 5.95 Å². The Kier molecular flexibility index (Phi) is 8.01. The van der Waals surface area contributed by atoms with Crippen LogP contribution in [0.5, 0.6) is 0 Å². The molecule has 294 valence electrons. The Labute approximate surface area is 366 Å². The number of benzene rings is 9. The average Bonchev–Trinajstić information content (AvgIpc) is 4.02. The monoisotopic (exact) mass is 821 g/mol. The summed E-state index contributed by atoms with van der Waals surface area (Å²) in [6.07, 6.45) is 0. The second-order valence-corrected chi connectivity index (χ2v) is 17.1. The van der Waals surface area contributed by atoms with Gasteiger partial charge in [0.05, 0.1) is 22.1 Å². The molecule has 13 rings (SSSR count). The van der Waals surface area contributed by atoms with Crippen LogP contribution < -0.4 is 0 Å². The van der Waals surface area contributed by atoms with Crippen molar-refractivity contribution in [2.45, 2.75) is 0 Å². The molecule has 9 aromatic carbocycles. The molecule has 13 aromatic rings. The van der Waals surface area contributed by atoms with E-state index in [2.05, 4.69) is 185 Å². The Morgan fingerprint density at radius 2 is 0.810 bits per heavy atom. The number of thiophene rings is 1. The SMILES string of the molecule is c1ccc(-c2nc(-c3ccccc3)nc(-n3c4ccc(-c5ccc6c(c5)c5ccccc5n6-c5ccccc5)cc4c4cc(-c5cccc6c5sc5ccccc56)ccc43)n2)cc1. The van der Waals surface area contributed by atoms with Crippen LogP contribution in [0.2, 0.25) is 0 Å². The number of fused-ring (bicyclic) bond motifs is 9. The average molecular weight is 822 g/mol. The standard InChI is InChI=1S/C57H35N5S/c1-4-15-36(16-5-1)55-58-56(37-17-6-2-7-18-37)60-57(59-55)62-51-31-28-39(38-27-30-50-46(33-38)43-21-10-12-25-49(43)61(50)41-19-8-3-9-20-41)34-47(51)48-35-40(29-32-52(48)62)42-23-14-24-45-44-22-11-13-26-53(44)63-54(42)45/h1-35H. The van der Waals surface area contributed by atoms with E-state index in [4.69, 9.17) is 15.0 Å². The molecule has 0 bridgehead atoms. The van der Waals surface area contributed by atoms with Crippen molar-refractivity contribution in [3.8, 4) is 56.7 Å². The predicted octanol–water partition coefficient (Wildman–Crippen LogP) is 15.1. The van der Waals surface area contributed by atoms with Crippen molar-refractivity contribution >= 4 is 75.1 Å². The van der Waals surface area contributed by atoms with Gasteiger partial charge in [0.25, 0.3) is 0 Å². The third-order valence-electron chi connectivity index (χ3n) is 12.4. The highest BCUT2D eigenvalue weighted by Gasteiger charge is 2.21. The van der Waals surface area contributed by atoms with E-state index in [0.717, 1.165) is 49.7 Å². The Hall–Kier alpha value is -8.19. The van der Waals surface area contributed by atoms with Crippen LogP contribution in [-0.2, 0) is 0 Å². The summed E-state index contributed by atoms with van der Waals surface area (Å²) in [4.78, 5) is 15.5. The zero-order valence-electron chi connectivity index (χ0n) is 33.9. The second-order valence-electron chi connectivity index (χ2n) is 16.0. The third kappa shape index (κ3) is 5.73. The molecular weight excluding hydrogens is 787 g/mol. The van der Waals surface area contributed by atoms with Gasteiger partial charge in [0.1, 0.15) is 0 Å². The summed E-state index contributed by atoms with van der Waals surface area (Å²) in [6, 6.07) is 75.7. The van der Waals surface area contributed by atoms with Crippen molar-refractivity contribution in [1.82, 2.24) is 24.1 Å². The van der Waals surface area contributed by atoms with Crippen LogP contribution >= 0.6 is 11.3 Å². The zero-order valence-corrected chi connectivity index (χ0v) is 34.7. The molecule has 0 spiro atoms. The van der Waals surface area contributed by atoms with E-state index in [1.165, 1.54) is 53.1 Å². The molecule has 0 saturated heterocycles. The summed E-state index contributed by atoms with van der Waals surface area (Å²) < 4.78 is 7.17. The first kappa shape index (κ1) is 35.6. The van der Waals surface area contributed by atoms with E-state index < -0.39 is 0 Å². The van der Waals surface area contributed by atoms with Crippen molar-refractivity contribution in [3.63, 3.8) is 0 Å². The van der Waals surface area contributed by atoms with Gasteiger partial charge in [-0.15, -0.1) is 11.3 Å². The van der Waals surface area contributed by atoms with Crippen molar-refractivity contribution in [3.05, 3.63) is 212 Å². The number of nitrogens with zero attached hydrogens (tertiary/aromatic N) is 5. The molecule has 0 N–H and O–H groups in total. The number of rotatable bonds is 6. The number of hydrogen-bond acceptors (Lipinski definition) is 4. The fraction of sp³-hybridized carbons (Fsp3) is 0. The Bertz CT molecular complexity index is 3850. The van der Waals surface area contributed by atoms with Gasteiger partial charge in [-0.3, -0.25) is 4.57 Å². The summed E-state index contributed by atoms with van der Waals surface area (Å²) in [5, 5.41) is 7.29. The maximum Gasteiger partial charge on any atom is 0.238 e. The van der Waals surface area contributed by atoms with Crippen LogP contribution in [-0.4, -0.2) is 24.1 Å². The molecule has 4 heterocycles. The molecule has 6 heteroatoms. The van der Waals surface area contributed by atoms with Gasteiger partial charge in [0.15, 0.2) is 11.6 Å². The lowest BCUT2D eigenvalue weighted by Gasteiger charge is -2.11. The minimum absolute atomic E-state index is 0.574. The molecule has 5 nitrogen and oxygen atoms in total. The Balaban J connectivity index is 1.06. The quantitative estimate of drug-likeness (QED) is 0.168. The van der Waals surface area contributed by atoms with Crippen LogP contribution in [0.1, 0.15) is 0 Å². The van der Waals surface area contributed by atoms with E-state index in [-0.39, 0.29) is 0 Å². The third-order valence-corrected chi connectivity index (χ3v) is 13.6. The van der Waals surface area contributed by atoms with Gasteiger partial charge in [-0.1, -0.05) is 152 Å². The molecule has 0 aliphatic heterocycles. The molecule has 4 aromatic heterocycles. The minimum Gasteiger partial charge on any atom is -0.309 e. The van der Waals surface area contributed by atoms with Crippen LogP contribution in [0.15, 0.2) is 212 Å². The van der Waals surface area contributed by atoms with Gasteiger partial charge in [-0.05, 0) is 82.9 Å². The lowest BCUT2D eigenvalue weighted by molar-refractivity contribution is 0.953. The zero-order chi connectivity index (χ0) is 41.4. The Morgan fingerprint density at radius 3 is 1.48 bits per heavy atom. The summed E-state index contributed by atoms with van der Waals surface area (Å²) in [7, 11) is 0. The summed E-state index contributed by atoms with van der Waals surface area (Å²) in [5.74, 6) is 1.83. The highest BCUT2D eigenvalue weighted by molar-refractivity contribution is 7.26. The first-order valence-electron chi connectivity index (χ1n) is 21.2. The van der Waals surface area contributed by atoms with Gasteiger partial charge in [0, 0.05) is 58.5 Å².